The molecule has 0 aliphatic carbocycles. The highest BCUT2D eigenvalue weighted by Gasteiger charge is 2.20. The Balaban J connectivity index is 0.00000200. The molecule has 1 aromatic rings. The van der Waals surface area contributed by atoms with Crippen LogP contribution in [0.2, 0.25) is 0 Å². The van der Waals surface area contributed by atoms with Crippen molar-refractivity contribution < 1.29 is 8.78 Å². The van der Waals surface area contributed by atoms with Crippen LogP contribution < -0.4 is 5.32 Å². The lowest BCUT2D eigenvalue weighted by atomic mass is 9.93. The summed E-state index contributed by atoms with van der Waals surface area (Å²) < 4.78 is 27.1. The number of hydrogen-bond donors (Lipinski definition) is 1. The van der Waals surface area contributed by atoms with Crippen molar-refractivity contribution in [3.05, 3.63) is 35.4 Å². The Morgan fingerprint density at radius 2 is 1.80 bits per heavy atom. The van der Waals surface area contributed by atoms with Gasteiger partial charge in [-0.3, -0.25) is 4.90 Å². The van der Waals surface area contributed by atoms with Crippen LogP contribution in [0.15, 0.2) is 18.2 Å². The van der Waals surface area contributed by atoms with Crippen molar-refractivity contribution in [3.63, 3.8) is 0 Å². The van der Waals surface area contributed by atoms with E-state index in [1.54, 1.807) is 0 Å². The number of hydrogen-bond acceptors (Lipinski definition) is 2. The van der Waals surface area contributed by atoms with E-state index in [-0.39, 0.29) is 18.0 Å². The molecule has 0 bridgehead atoms. The number of halogens is 3. The first-order valence-corrected chi connectivity index (χ1v) is 7.00. The van der Waals surface area contributed by atoms with E-state index in [1.165, 1.54) is 24.6 Å². The SMILES string of the molecule is CNCCC1CCN(Cc2c(F)cccc2F)CC1.Cl. The number of piperidine rings is 1. The maximum atomic E-state index is 13.6. The summed E-state index contributed by atoms with van der Waals surface area (Å²) in [6.45, 7) is 3.30. The molecular formula is C15H23ClF2N2. The summed E-state index contributed by atoms with van der Waals surface area (Å²) in [6.07, 6.45) is 3.44. The van der Waals surface area contributed by atoms with E-state index in [2.05, 4.69) is 10.2 Å². The molecule has 5 heteroatoms. The minimum atomic E-state index is -0.433. The van der Waals surface area contributed by atoms with Gasteiger partial charge in [0.1, 0.15) is 11.6 Å². The molecule has 2 nitrogen and oxygen atoms in total. The van der Waals surface area contributed by atoms with Gasteiger partial charge in [0, 0.05) is 12.1 Å². The monoisotopic (exact) mass is 304 g/mol. The Bertz CT molecular complexity index is 387. The maximum Gasteiger partial charge on any atom is 0.130 e. The van der Waals surface area contributed by atoms with Crippen LogP contribution in [0.5, 0.6) is 0 Å². The molecule has 0 saturated carbocycles. The van der Waals surface area contributed by atoms with Gasteiger partial charge >= 0.3 is 0 Å². The number of benzene rings is 1. The predicted molar refractivity (Wildman–Crippen MR) is 80.2 cm³/mol. The van der Waals surface area contributed by atoms with Crippen LogP contribution in [0.25, 0.3) is 0 Å². The molecule has 0 spiro atoms. The molecule has 1 heterocycles. The van der Waals surface area contributed by atoms with Crippen molar-refractivity contribution in [1.29, 1.82) is 0 Å². The van der Waals surface area contributed by atoms with Crippen LogP contribution in [-0.2, 0) is 6.54 Å². The molecule has 0 aromatic heterocycles. The molecule has 1 fully saturated rings. The van der Waals surface area contributed by atoms with Crippen LogP contribution >= 0.6 is 12.4 Å². The van der Waals surface area contributed by atoms with Crippen molar-refractivity contribution in [2.24, 2.45) is 5.92 Å². The first kappa shape index (κ1) is 17.3. The second-order valence-electron chi connectivity index (χ2n) is 5.31. The third kappa shape index (κ3) is 4.69. The van der Waals surface area contributed by atoms with E-state index in [4.69, 9.17) is 0 Å². The molecule has 20 heavy (non-hydrogen) atoms. The van der Waals surface area contributed by atoms with Gasteiger partial charge in [-0.15, -0.1) is 12.4 Å². The van der Waals surface area contributed by atoms with Gasteiger partial charge in [0.2, 0.25) is 0 Å². The standard InChI is InChI=1S/C15H22F2N2.ClH/c1-18-8-5-12-6-9-19(10-7-12)11-13-14(16)3-2-4-15(13)17;/h2-4,12,18H,5-11H2,1H3;1H. The van der Waals surface area contributed by atoms with E-state index in [0.29, 0.717) is 6.54 Å². The third-order valence-corrected chi connectivity index (χ3v) is 3.95. The van der Waals surface area contributed by atoms with E-state index < -0.39 is 11.6 Å². The first-order valence-electron chi connectivity index (χ1n) is 7.00. The Morgan fingerprint density at radius 1 is 1.20 bits per heavy atom. The van der Waals surface area contributed by atoms with Gasteiger partial charge in [-0.2, -0.15) is 0 Å². The molecule has 0 unspecified atom stereocenters. The highest BCUT2D eigenvalue weighted by Crippen LogP contribution is 2.23. The lowest BCUT2D eigenvalue weighted by Crippen LogP contribution is -2.34. The normalized spacial score (nSPS) is 16.9. The van der Waals surface area contributed by atoms with Gasteiger partial charge in [-0.05, 0) is 64.0 Å². The quantitative estimate of drug-likeness (QED) is 0.898. The summed E-state index contributed by atoms with van der Waals surface area (Å²) in [5.74, 6) is -0.121. The molecular weight excluding hydrogens is 282 g/mol. The lowest BCUT2D eigenvalue weighted by Gasteiger charge is -2.32. The van der Waals surface area contributed by atoms with Crippen LogP contribution in [0.3, 0.4) is 0 Å². The van der Waals surface area contributed by atoms with E-state index in [0.717, 1.165) is 38.4 Å². The maximum absolute atomic E-state index is 13.6. The predicted octanol–water partition coefficient (Wildman–Crippen LogP) is 3.21. The number of nitrogens with zero attached hydrogens (tertiary/aromatic N) is 1. The minimum Gasteiger partial charge on any atom is -0.320 e. The molecule has 114 valence electrons. The molecule has 1 aliphatic rings. The van der Waals surface area contributed by atoms with Gasteiger partial charge in [0.05, 0.1) is 0 Å². The zero-order valence-corrected chi connectivity index (χ0v) is 12.7. The second-order valence-corrected chi connectivity index (χ2v) is 5.31. The van der Waals surface area contributed by atoms with Gasteiger partial charge in [0.25, 0.3) is 0 Å². The van der Waals surface area contributed by atoms with Crippen molar-refractivity contribution in [3.8, 4) is 0 Å². The largest absolute Gasteiger partial charge is 0.320 e. The lowest BCUT2D eigenvalue weighted by molar-refractivity contribution is 0.169. The van der Waals surface area contributed by atoms with Crippen LogP contribution in [-0.4, -0.2) is 31.6 Å². The molecule has 1 N–H and O–H groups in total. The van der Waals surface area contributed by atoms with E-state index in [9.17, 15) is 8.78 Å². The van der Waals surface area contributed by atoms with Crippen LogP contribution in [0.4, 0.5) is 8.78 Å². The zero-order chi connectivity index (χ0) is 13.7. The Labute approximate surface area is 126 Å². The molecule has 1 aromatic carbocycles. The van der Waals surface area contributed by atoms with Crippen molar-refractivity contribution >= 4 is 12.4 Å². The fourth-order valence-electron chi connectivity index (χ4n) is 2.69. The summed E-state index contributed by atoms with van der Waals surface area (Å²) in [6, 6.07) is 4.08. The van der Waals surface area contributed by atoms with Crippen molar-refractivity contribution in [2.75, 3.05) is 26.7 Å². The Morgan fingerprint density at radius 3 is 2.35 bits per heavy atom. The molecule has 1 aliphatic heterocycles. The van der Waals surface area contributed by atoms with Gasteiger partial charge < -0.3 is 5.32 Å². The van der Waals surface area contributed by atoms with Gasteiger partial charge in [0.15, 0.2) is 0 Å². The van der Waals surface area contributed by atoms with E-state index in [1.807, 2.05) is 7.05 Å². The smallest absolute Gasteiger partial charge is 0.130 e. The highest BCUT2D eigenvalue weighted by molar-refractivity contribution is 5.85. The van der Waals surface area contributed by atoms with Gasteiger partial charge in [-0.1, -0.05) is 6.07 Å². The minimum absolute atomic E-state index is 0. The Kier molecular flexibility index (Phi) is 7.41. The summed E-state index contributed by atoms with van der Waals surface area (Å²) in [5.41, 5.74) is 0.205. The summed E-state index contributed by atoms with van der Waals surface area (Å²) in [7, 11) is 1.97. The number of likely N-dealkylation sites (tertiary alicyclic amines) is 1. The molecule has 0 amide bonds. The van der Waals surface area contributed by atoms with Crippen molar-refractivity contribution in [1.82, 2.24) is 10.2 Å². The molecule has 2 rings (SSSR count). The van der Waals surface area contributed by atoms with Crippen molar-refractivity contribution in [2.45, 2.75) is 25.8 Å². The zero-order valence-electron chi connectivity index (χ0n) is 11.9. The fraction of sp³-hybridized carbons (Fsp3) is 0.600. The number of rotatable bonds is 5. The average molecular weight is 305 g/mol. The van der Waals surface area contributed by atoms with Gasteiger partial charge in [-0.25, -0.2) is 8.78 Å². The molecule has 1 saturated heterocycles. The van der Waals surface area contributed by atoms with Crippen LogP contribution in [0, 0.1) is 17.6 Å². The Hall–Kier alpha value is -0.710. The number of nitrogens with one attached hydrogen (secondary N) is 1. The molecule has 0 radical (unpaired) electrons. The summed E-state index contributed by atoms with van der Waals surface area (Å²) in [4.78, 5) is 2.15. The second kappa shape index (κ2) is 8.55. The summed E-state index contributed by atoms with van der Waals surface area (Å²) >= 11 is 0. The van der Waals surface area contributed by atoms with Crippen LogP contribution in [0.1, 0.15) is 24.8 Å². The molecule has 0 atom stereocenters. The average Bonchev–Trinajstić information content (AvgIpc) is 2.42. The summed E-state index contributed by atoms with van der Waals surface area (Å²) in [5, 5.41) is 3.17. The first-order chi connectivity index (χ1) is 9.20. The fourth-order valence-corrected chi connectivity index (χ4v) is 2.69. The third-order valence-electron chi connectivity index (χ3n) is 3.95. The topological polar surface area (TPSA) is 15.3 Å². The van der Waals surface area contributed by atoms with E-state index >= 15 is 0 Å². The highest BCUT2D eigenvalue weighted by atomic mass is 35.5.